The van der Waals surface area contributed by atoms with Crippen molar-refractivity contribution in [3.05, 3.63) is 29.8 Å². The first-order chi connectivity index (χ1) is 10.9. The molecule has 0 aliphatic carbocycles. The molecule has 1 aliphatic heterocycles. The zero-order valence-corrected chi connectivity index (χ0v) is 13.3. The lowest BCUT2D eigenvalue weighted by atomic mass is 10.1. The summed E-state index contributed by atoms with van der Waals surface area (Å²) < 4.78 is 0. The van der Waals surface area contributed by atoms with E-state index in [4.69, 9.17) is 0 Å². The number of aryl methyl sites for hydroxylation is 1. The number of hydrogen-bond acceptors (Lipinski definition) is 4. The van der Waals surface area contributed by atoms with Crippen LogP contribution in [0.15, 0.2) is 24.3 Å². The highest BCUT2D eigenvalue weighted by molar-refractivity contribution is 6.05. The quantitative estimate of drug-likeness (QED) is 0.597. The number of rotatable bonds is 6. The van der Waals surface area contributed by atoms with Crippen molar-refractivity contribution >= 4 is 17.8 Å². The summed E-state index contributed by atoms with van der Waals surface area (Å²) in [5, 5.41) is 12.0. The fourth-order valence-electron chi connectivity index (χ4n) is 2.51. The number of benzene rings is 1. The van der Waals surface area contributed by atoms with Crippen LogP contribution in [0, 0.1) is 0 Å². The summed E-state index contributed by atoms with van der Waals surface area (Å²) >= 11 is 0. The van der Waals surface area contributed by atoms with Crippen molar-refractivity contribution in [2.45, 2.75) is 25.3 Å². The van der Waals surface area contributed by atoms with Gasteiger partial charge in [-0.25, -0.2) is 4.79 Å². The first kappa shape index (κ1) is 16.8. The molecule has 23 heavy (non-hydrogen) atoms. The highest BCUT2D eigenvalue weighted by Gasteiger charge is 2.41. The smallest absolute Gasteiger partial charge is 0.326 e. The Bertz CT molecular complexity index is 600. The number of nitrogens with one attached hydrogen (secondary N) is 1. The monoisotopic (exact) mass is 319 g/mol. The summed E-state index contributed by atoms with van der Waals surface area (Å²) in [5.41, 5.74) is 1.08. The Balaban J connectivity index is 1.72. The fourth-order valence-corrected chi connectivity index (χ4v) is 2.51. The number of phenolic OH excluding ortho intramolecular Hbond substituents is 1. The molecular formula is C16H21N3O4. The molecule has 1 saturated heterocycles. The van der Waals surface area contributed by atoms with E-state index in [2.05, 4.69) is 5.32 Å². The average Bonchev–Trinajstić information content (AvgIpc) is 2.71. The third kappa shape index (κ3) is 4.00. The molecule has 1 heterocycles. The van der Waals surface area contributed by atoms with Crippen molar-refractivity contribution in [3.63, 3.8) is 0 Å². The molecule has 124 valence electrons. The number of carbonyl (C=O) groups is 3. The molecule has 1 fully saturated rings. The molecule has 1 unspecified atom stereocenters. The number of nitrogens with zero attached hydrogens (tertiary/aromatic N) is 2. The minimum absolute atomic E-state index is 0.0232. The van der Waals surface area contributed by atoms with Gasteiger partial charge in [0.05, 0.1) is 6.42 Å². The Morgan fingerprint density at radius 1 is 1.22 bits per heavy atom. The minimum Gasteiger partial charge on any atom is -0.508 e. The zero-order valence-electron chi connectivity index (χ0n) is 13.3. The number of aromatic hydroxyl groups is 1. The second-order valence-electron chi connectivity index (χ2n) is 5.63. The zero-order chi connectivity index (χ0) is 17.0. The van der Waals surface area contributed by atoms with Crippen molar-refractivity contribution in [1.29, 1.82) is 0 Å². The van der Waals surface area contributed by atoms with E-state index in [1.807, 2.05) is 12.1 Å². The standard InChI is InChI=1S/C16H21N3O4/c1-18-13(15(22)19(2)16(18)23)10-14(21)17-9-3-4-11-5-7-12(20)8-6-11/h5-8,13,20H,3-4,9-10H2,1-2H3,(H,17,21). The Morgan fingerprint density at radius 3 is 2.43 bits per heavy atom. The summed E-state index contributed by atoms with van der Waals surface area (Å²) in [4.78, 5) is 37.7. The van der Waals surface area contributed by atoms with Crippen molar-refractivity contribution in [2.75, 3.05) is 20.6 Å². The SMILES string of the molecule is CN1C(=O)C(CC(=O)NCCCc2ccc(O)cc2)N(C)C1=O. The lowest BCUT2D eigenvalue weighted by Crippen LogP contribution is -2.37. The van der Waals surface area contributed by atoms with Crippen LogP contribution in [-0.4, -0.2) is 59.4 Å². The highest BCUT2D eigenvalue weighted by Crippen LogP contribution is 2.16. The van der Waals surface area contributed by atoms with Crippen LogP contribution in [0.1, 0.15) is 18.4 Å². The van der Waals surface area contributed by atoms with Crippen LogP contribution in [-0.2, 0) is 16.0 Å². The van der Waals surface area contributed by atoms with E-state index in [9.17, 15) is 19.5 Å². The summed E-state index contributed by atoms with van der Waals surface area (Å²) in [6.45, 7) is 0.494. The first-order valence-corrected chi connectivity index (χ1v) is 7.49. The summed E-state index contributed by atoms with van der Waals surface area (Å²) in [6, 6.07) is 5.83. The molecule has 2 rings (SSSR count). The number of likely N-dealkylation sites (N-methyl/N-ethyl adjacent to an activating group) is 2. The Morgan fingerprint density at radius 2 is 1.87 bits per heavy atom. The van der Waals surface area contributed by atoms with Gasteiger partial charge in [0.1, 0.15) is 11.8 Å². The molecule has 1 atom stereocenters. The largest absolute Gasteiger partial charge is 0.508 e. The molecule has 0 bridgehead atoms. The van der Waals surface area contributed by atoms with Gasteiger partial charge in [-0.15, -0.1) is 0 Å². The van der Waals surface area contributed by atoms with Crippen molar-refractivity contribution < 1.29 is 19.5 Å². The maximum Gasteiger partial charge on any atom is 0.326 e. The number of amides is 4. The summed E-state index contributed by atoms with van der Waals surface area (Å²) in [5.74, 6) is -0.368. The lowest BCUT2D eigenvalue weighted by molar-refractivity contribution is -0.131. The molecule has 7 heteroatoms. The van der Waals surface area contributed by atoms with E-state index in [1.54, 1.807) is 12.1 Å². The molecule has 1 aromatic rings. The van der Waals surface area contributed by atoms with Crippen LogP contribution in [0.4, 0.5) is 4.79 Å². The molecule has 0 spiro atoms. The second kappa shape index (κ2) is 7.13. The Kier molecular flexibility index (Phi) is 5.20. The minimum atomic E-state index is -0.718. The number of phenols is 1. The van der Waals surface area contributed by atoms with Crippen LogP contribution in [0.2, 0.25) is 0 Å². The Hall–Kier alpha value is -2.57. The third-order valence-electron chi connectivity index (χ3n) is 3.95. The maximum absolute atomic E-state index is 11.9. The number of carbonyl (C=O) groups excluding carboxylic acids is 3. The number of imide groups is 1. The molecule has 1 aliphatic rings. The maximum atomic E-state index is 11.9. The van der Waals surface area contributed by atoms with Gasteiger partial charge in [-0.05, 0) is 30.5 Å². The molecule has 0 saturated carbocycles. The van der Waals surface area contributed by atoms with Gasteiger partial charge < -0.3 is 15.3 Å². The van der Waals surface area contributed by atoms with Crippen molar-refractivity contribution in [3.8, 4) is 5.75 Å². The predicted octanol–water partition coefficient (Wildman–Crippen LogP) is 0.723. The van der Waals surface area contributed by atoms with Crippen LogP contribution in [0.5, 0.6) is 5.75 Å². The first-order valence-electron chi connectivity index (χ1n) is 7.49. The van der Waals surface area contributed by atoms with E-state index < -0.39 is 6.04 Å². The third-order valence-corrected chi connectivity index (χ3v) is 3.95. The fraction of sp³-hybridized carbons (Fsp3) is 0.438. The number of urea groups is 1. The van der Waals surface area contributed by atoms with Crippen LogP contribution in [0.3, 0.4) is 0 Å². The lowest BCUT2D eigenvalue weighted by Gasteiger charge is -2.15. The second-order valence-corrected chi connectivity index (χ2v) is 5.63. The molecule has 0 aromatic heterocycles. The van der Waals surface area contributed by atoms with E-state index in [0.29, 0.717) is 6.54 Å². The van der Waals surface area contributed by atoms with Gasteiger partial charge in [0, 0.05) is 20.6 Å². The van der Waals surface area contributed by atoms with Gasteiger partial charge in [-0.3, -0.25) is 14.5 Å². The van der Waals surface area contributed by atoms with Crippen LogP contribution in [0.25, 0.3) is 0 Å². The normalized spacial score (nSPS) is 17.7. The highest BCUT2D eigenvalue weighted by atomic mass is 16.3. The van der Waals surface area contributed by atoms with E-state index in [1.165, 1.54) is 19.0 Å². The van der Waals surface area contributed by atoms with Crippen LogP contribution >= 0.6 is 0 Å². The van der Waals surface area contributed by atoms with Gasteiger partial charge >= 0.3 is 6.03 Å². The summed E-state index contributed by atoms with van der Waals surface area (Å²) in [6.07, 6.45) is 1.51. The van der Waals surface area contributed by atoms with E-state index >= 15 is 0 Å². The van der Waals surface area contributed by atoms with Crippen molar-refractivity contribution in [2.24, 2.45) is 0 Å². The summed E-state index contributed by atoms with van der Waals surface area (Å²) in [7, 11) is 2.93. The van der Waals surface area contributed by atoms with Gasteiger partial charge in [0.2, 0.25) is 5.91 Å². The molecular weight excluding hydrogens is 298 g/mol. The molecule has 2 N–H and O–H groups in total. The van der Waals surface area contributed by atoms with E-state index in [0.717, 1.165) is 23.3 Å². The molecule has 0 radical (unpaired) electrons. The average molecular weight is 319 g/mol. The topological polar surface area (TPSA) is 89.9 Å². The predicted molar refractivity (Wildman–Crippen MR) is 83.8 cm³/mol. The molecule has 4 amide bonds. The van der Waals surface area contributed by atoms with Crippen LogP contribution < -0.4 is 5.32 Å². The molecule has 1 aromatic carbocycles. The van der Waals surface area contributed by atoms with Gasteiger partial charge in [-0.2, -0.15) is 0 Å². The molecule has 7 nitrogen and oxygen atoms in total. The van der Waals surface area contributed by atoms with Gasteiger partial charge in [-0.1, -0.05) is 12.1 Å². The van der Waals surface area contributed by atoms with Crippen molar-refractivity contribution in [1.82, 2.24) is 15.1 Å². The van der Waals surface area contributed by atoms with Gasteiger partial charge in [0.25, 0.3) is 5.91 Å². The van der Waals surface area contributed by atoms with Gasteiger partial charge in [0.15, 0.2) is 0 Å². The Labute approximate surface area is 134 Å². The van der Waals surface area contributed by atoms with E-state index in [-0.39, 0.29) is 30.0 Å². The number of hydrogen-bond donors (Lipinski definition) is 2.